The second kappa shape index (κ2) is 8.58. The molecule has 2 heterocycles. The third-order valence-electron chi connectivity index (χ3n) is 4.51. The molecule has 3 rings (SSSR count). The van der Waals surface area contributed by atoms with Gasteiger partial charge in [0, 0.05) is 26.3 Å². The van der Waals surface area contributed by atoms with Crippen molar-refractivity contribution < 1.29 is 19.4 Å². The van der Waals surface area contributed by atoms with Gasteiger partial charge in [-0.2, -0.15) is 0 Å². The van der Waals surface area contributed by atoms with Gasteiger partial charge in [-0.1, -0.05) is 36.4 Å². The summed E-state index contributed by atoms with van der Waals surface area (Å²) in [5.41, 5.74) is 1.07. The fraction of sp³-hybridized carbons (Fsp3) is 0.350. The van der Waals surface area contributed by atoms with E-state index in [1.165, 1.54) is 6.07 Å². The van der Waals surface area contributed by atoms with Crippen LogP contribution in [0.15, 0.2) is 48.5 Å². The molecule has 1 aliphatic rings. The molecular weight excluding hydrogens is 332 g/mol. The highest BCUT2D eigenvalue weighted by Gasteiger charge is 2.24. The maximum atomic E-state index is 13.0. The molecule has 2 aromatic rings. The van der Waals surface area contributed by atoms with E-state index in [2.05, 4.69) is 4.98 Å². The zero-order chi connectivity index (χ0) is 18.4. The Hall–Kier alpha value is -2.73. The van der Waals surface area contributed by atoms with E-state index in [-0.39, 0.29) is 17.3 Å². The molecule has 0 bridgehead atoms. The number of carbonyl (C=O) groups excluding carboxylic acids is 1. The first-order valence-electron chi connectivity index (χ1n) is 8.75. The number of carboxylic acids is 1. The Balaban J connectivity index is 1.82. The van der Waals surface area contributed by atoms with Gasteiger partial charge in [-0.25, -0.2) is 9.78 Å². The van der Waals surface area contributed by atoms with E-state index in [1.54, 1.807) is 17.0 Å². The number of hydrogen-bond acceptors (Lipinski definition) is 4. The highest BCUT2D eigenvalue weighted by molar-refractivity contribution is 5.94. The first kappa shape index (κ1) is 18.1. The molecule has 1 aliphatic heterocycles. The maximum absolute atomic E-state index is 13.0. The zero-order valence-electron chi connectivity index (χ0n) is 14.5. The van der Waals surface area contributed by atoms with E-state index < -0.39 is 5.97 Å². The molecular formula is C20H22N2O4. The molecule has 136 valence electrons. The van der Waals surface area contributed by atoms with Crippen molar-refractivity contribution in [2.45, 2.75) is 19.4 Å². The first-order valence-corrected chi connectivity index (χ1v) is 8.75. The van der Waals surface area contributed by atoms with Crippen molar-refractivity contribution in [1.82, 2.24) is 9.88 Å². The van der Waals surface area contributed by atoms with E-state index in [0.717, 1.165) is 18.4 Å². The number of benzene rings is 1. The van der Waals surface area contributed by atoms with Crippen molar-refractivity contribution in [2.75, 3.05) is 19.8 Å². The van der Waals surface area contributed by atoms with Crippen LogP contribution in [0, 0.1) is 5.92 Å². The van der Waals surface area contributed by atoms with E-state index in [4.69, 9.17) is 9.84 Å². The number of aromatic carboxylic acids is 1. The summed E-state index contributed by atoms with van der Waals surface area (Å²) in [6.45, 7) is 2.50. The van der Waals surface area contributed by atoms with Crippen molar-refractivity contribution in [2.24, 2.45) is 5.92 Å². The minimum absolute atomic E-state index is 0.124. The second-order valence-corrected chi connectivity index (χ2v) is 6.44. The van der Waals surface area contributed by atoms with E-state index in [0.29, 0.717) is 32.2 Å². The van der Waals surface area contributed by atoms with Gasteiger partial charge in [0.15, 0.2) is 0 Å². The number of hydrogen-bond donors (Lipinski definition) is 1. The predicted molar refractivity (Wildman–Crippen MR) is 95.9 cm³/mol. The number of carboxylic acid groups (broad SMARTS) is 1. The lowest BCUT2D eigenvalue weighted by atomic mass is 9.99. The first-order chi connectivity index (χ1) is 12.6. The van der Waals surface area contributed by atoms with Crippen LogP contribution < -0.4 is 0 Å². The lowest BCUT2D eigenvalue weighted by Gasteiger charge is -2.30. The topological polar surface area (TPSA) is 79.7 Å². The SMILES string of the molecule is O=C(O)c1cccc(C(=O)N(Cc2ccccc2)CC2CCOCC2)n1. The van der Waals surface area contributed by atoms with Crippen molar-refractivity contribution in [3.63, 3.8) is 0 Å². The average molecular weight is 354 g/mol. The summed E-state index contributed by atoms with van der Waals surface area (Å²) in [6, 6.07) is 14.3. The van der Waals surface area contributed by atoms with Gasteiger partial charge in [-0.05, 0) is 36.5 Å². The molecule has 1 fully saturated rings. The summed E-state index contributed by atoms with van der Waals surface area (Å²) in [5, 5.41) is 9.12. The number of nitrogens with zero attached hydrogens (tertiary/aromatic N) is 2. The molecule has 1 aromatic heterocycles. The molecule has 0 aliphatic carbocycles. The quantitative estimate of drug-likeness (QED) is 0.863. The molecule has 1 amide bonds. The van der Waals surface area contributed by atoms with Crippen molar-refractivity contribution >= 4 is 11.9 Å². The molecule has 1 saturated heterocycles. The van der Waals surface area contributed by atoms with E-state index in [1.807, 2.05) is 30.3 Å². The summed E-state index contributed by atoms with van der Waals surface area (Å²) in [4.78, 5) is 30.0. The van der Waals surface area contributed by atoms with Crippen LogP contribution in [0.3, 0.4) is 0 Å². The van der Waals surface area contributed by atoms with Crippen LogP contribution in [0.4, 0.5) is 0 Å². The lowest BCUT2D eigenvalue weighted by Crippen LogP contribution is -2.37. The molecule has 1 N–H and O–H groups in total. The van der Waals surface area contributed by atoms with Gasteiger partial charge in [-0.3, -0.25) is 4.79 Å². The van der Waals surface area contributed by atoms with Gasteiger partial charge in [0.25, 0.3) is 5.91 Å². The van der Waals surface area contributed by atoms with E-state index in [9.17, 15) is 9.59 Å². The number of ether oxygens (including phenoxy) is 1. The number of amides is 1. The summed E-state index contributed by atoms with van der Waals surface area (Å²) in [5.74, 6) is -1.01. The Bertz CT molecular complexity index is 757. The standard InChI is InChI=1S/C20H22N2O4/c23-19(17-7-4-8-18(21-17)20(24)25)22(13-15-5-2-1-3-6-15)14-16-9-11-26-12-10-16/h1-8,16H,9-14H2,(H,24,25). The maximum Gasteiger partial charge on any atom is 0.354 e. The molecule has 6 nitrogen and oxygen atoms in total. The molecule has 0 spiro atoms. The van der Waals surface area contributed by atoms with Crippen LogP contribution in [-0.4, -0.2) is 46.6 Å². The molecule has 0 radical (unpaired) electrons. The molecule has 6 heteroatoms. The average Bonchev–Trinajstić information content (AvgIpc) is 2.68. The Morgan fingerprint density at radius 1 is 1.04 bits per heavy atom. The number of carbonyl (C=O) groups is 2. The van der Waals surface area contributed by atoms with Crippen LogP contribution in [0.5, 0.6) is 0 Å². The van der Waals surface area contributed by atoms with Crippen LogP contribution in [0.2, 0.25) is 0 Å². The Labute approximate surface area is 152 Å². The van der Waals surface area contributed by atoms with Gasteiger partial charge >= 0.3 is 5.97 Å². The Morgan fingerprint density at radius 2 is 1.73 bits per heavy atom. The second-order valence-electron chi connectivity index (χ2n) is 6.44. The highest BCUT2D eigenvalue weighted by atomic mass is 16.5. The van der Waals surface area contributed by atoms with Gasteiger partial charge in [0.05, 0.1) is 0 Å². The molecule has 0 atom stereocenters. The summed E-state index contributed by atoms with van der Waals surface area (Å²) in [7, 11) is 0. The van der Waals surface area contributed by atoms with Crippen molar-refractivity contribution in [3.8, 4) is 0 Å². The number of rotatable bonds is 6. The van der Waals surface area contributed by atoms with Gasteiger partial charge < -0.3 is 14.7 Å². The van der Waals surface area contributed by atoms with Crippen LogP contribution in [0.1, 0.15) is 39.4 Å². The third kappa shape index (κ3) is 4.67. The van der Waals surface area contributed by atoms with Gasteiger partial charge in [0.1, 0.15) is 11.4 Å². The third-order valence-corrected chi connectivity index (χ3v) is 4.51. The smallest absolute Gasteiger partial charge is 0.354 e. The summed E-state index contributed by atoms with van der Waals surface area (Å²) in [6.07, 6.45) is 1.84. The van der Waals surface area contributed by atoms with Gasteiger partial charge in [0.2, 0.25) is 0 Å². The van der Waals surface area contributed by atoms with Crippen molar-refractivity contribution in [3.05, 3.63) is 65.5 Å². The summed E-state index contributed by atoms with van der Waals surface area (Å²) >= 11 is 0. The monoisotopic (exact) mass is 354 g/mol. The summed E-state index contributed by atoms with van der Waals surface area (Å²) < 4.78 is 5.41. The van der Waals surface area contributed by atoms with Crippen LogP contribution in [0.25, 0.3) is 0 Å². The lowest BCUT2D eigenvalue weighted by molar-refractivity contribution is 0.0443. The fourth-order valence-electron chi connectivity index (χ4n) is 3.10. The van der Waals surface area contributed by atoms with Crippen molar-refractivity contribution in [1.29, 1.82) is 0 Å². The largest absolute Gasteiger partial charge is 0.477 e. The fourth-order valence-corrected chi connectivity index (χ4v) is 3.10. The molecule has 0 unspecified atom stereocenters. The zero-order valence-corrected chi connectivity index (χ0v) is 14.5. The minimum atomic E-state index is -1.14. The van der Waals surface area contributed by atoms with Crippen LogP contribution >= 0.6 is 0 Å². The minimum Gasteiger partial charge on any atom is -0.477 e. The Kier molecular flexibility index (Phi) is 5.96. The van der Waals surface area contributed by atoms with E-state index >= 15 is 0 Å². The normalized spacial score (nSPS) is 14.8. The number of pyridine rings is 1. The molecule has 0 saturated carbocycles. The molecule has 26 heavy (non-hydrogen) atoms. The Morgan fingerprint density at radius 3 is 2.42 bits per heavy atom. The predicted octanol–water partition coefficient (Wildman–Crippen LogP) is 2.85. The van der Waals surface area contributed by atoms with Crippen LogP contribution in [-0.2, 0) is 11.3 Å². The molecule has 1 aromatic carbocycles. The van der Waals surface area contributed by atoms with Gasteiger partial charge in [-0.15, -0.1) is 0 Å². The number of aromatic nitrogens is 1. The highest BCUT2D eigenvalue weighted by Crippen LogP contribution is 2.19.